The summed E-state index contributed by atoms with van der Waals surface area (Å²) in [4.78, 5) is 34.9. The van der Waals surface area contributed by atoms with Crippen LogP contribution in [-0.4, -0.2) is 17.8 Å². The van der Waals surface area contributed by atoms with Gasteiger partial charge in [-0.05, 0) is 42.5 Å². The van der Waals surface area contributed by atoms with Crippen molar-refractivity contribution in [3.63, 3.8) is 0 Å². The van der Waals surface area contributed by atoms with Crippen molar-refractivity contribution in [3.05, 3.63) is 53.6 Å². The molecule has 0 saturated carbocycles. The van der Waals surface area contributed by atoms with Crippen molar-refractivity contribution in [1.29, 1.82) is 0 Å². The lowest BCUT2D eigenvalue weighted by atomic mass is 10.1. The molecule has 2 aromatic carbocycles. The molecule has 0 atom stereocenters. The van der Waals surface area contributed by atoms with Crippen LogP contribution in [0, 0.1) is 0 Å². The SMILES string of the molecule is Nc1ccc(NC(=O)Nc2ccc3c(c2)C(=O)NC3=O)cc1. The fourth-order valence-electron chi connectivity index (χ4n) is 2.11. The molecule has 110 valence electrons. The highest BCUT2D eigenvalue weighted by Gasteiger charge is 2.26. The number of rotatable bonds is 2. The Morgan fingerprint density at radius 2 is 1.45 bits per heavy atom. The molecule has 2 aromatic rings. The van der Waals surface area contributed by atoms with Gasteiger partial charge in [0.1, 0.15) is 0 Å². The van der Waals surface area contributed by atoms with Crippen molar-refractivity contribution in [3.8, 4) is 0 Å². The van der Waals surface area contributed by atoms with E-state index in [1.807, 2.05) is 0 Å². The molecule has 1 heterocycles. The van der Waals surface area contributed by atoms with E-state index in [0.717, 1.165) is 0 Å². The predicted octanol–water partition coefficient (Wildman–Crippen LogP) is 1.80. The van der Waals surface area contributed by atoms with Gasteiger partial charge in [0.25, 0.3) is 11.8 Å². The summed E-state index contributed by atoms with van der Waals surface area (Å²) in [7, 11) is 0. The maximum atomic E-state index is 11.9. The Hall–Kier alpha value is -3.35. The molecule has 5 N–H and O–H groups in total. The van der Waals surface area contributed by atoms with Gasteiger partial charge in [0.2, 0.25) is 0 Å². The van der Waals surface area contributed by atoms with E-state index in [1.165, 1.54) is 12.1 Å². The van der Waals surface area contributed by atoms with E-state index in [9.17, 15) is 14.4 Å². The second-order valence-electron chi connectivity index (χ2n) is 4.74. The first-order chi connectivity index (χ1) is 10.5. The minimum absolute atomic E-state index is 0.246. The molecule has 0 unspecified atom stereocenters. The Kier molecular flexibility index (Phi) is 3.23. The first kappa shape index (κ1) is 13.6. The number of benzene rings is 2. The van der Waals surface area contributed by atoms with Crippen LogP contribution in [0.1, 0.15) is 20.7 Å². The molecular formula is C15H12N4O3. The third-order valence-electron chi connectivity index (χ3n) is 3.16. The topological polar surface area (TPSA) is 113 Å². The number of nitrogens with two attached hydrogens (primary N) is 1. The van der Waals surface area contributed by atoms with Crippen molar-refractivity contribution in [2.75, 3.05) is 16.4 Å². The number of carbonyl (C=O) groups excluding carboxylic acids is 3. The Balaban J connectivity index is 1.72. The van der Waals surface area contributed by atoms with E-state index in [0.29, 0.717) is 22.6 Å². The summed E-state index contributed by atoms with van der Waals surface area (Å²) in [6.07, 6.45) is 0. The smallest absolute Gasteiger partial charge is 0.323 e. The number of urea groups is 1. The minimum Gasteiger partial charge on any atom is -0.399 e. The van der Waals surface area contributed by atoms with Gasteiger partial charge in [0.05, 0.1) is 11.1 Å². The Morgan fingerprint density at radius 3 is 2.18 bits per heavy atom. The highest BCUT2D eigenvalue weighted by atomic mass is 16.2. The Morgan fingerprint density at radius 1 is 0.864 bits per heavy atom. The molecule has 3 rings (SSSR count). The molecular weight excluding hydrogens is 284 g/mol. The monoisotopic (exact) mass is 296 g/mol. The first-order valence-electron chi connectivity index (χ1n) is 6.46. The zero-order chi connectivity index (χ0) is 15.7. The van der Waals surface area contributed by atoms with Crippen LogP contribution < -0.4 is 21.7 Å². The second kappa shape index (κ2) is 5.21. The Bertz CT molecular complexity index is 784. The van der Waals surface area contributed by atoms with Crippen LogP contribution in [0.2, 0.25) is 0 Å². The van der Waals surface area contributed by atoms with Gasteiger partial charge in [0, 0.05) is 17.1 Å². The van der Waals surface area contributed by atoms with Crippen LogP contribution in [0.5, 0.6) is 0 Å². The van der Waals surface area contributed by atoms with Crippen molar-refractivity contribution in [2.24, 2.45) is 0 Å². The highest BCUT2D eigenvalue weighted by Crippen LogP contribution is 2.20. The molecule has 0 aliphatic carbocycles. The second-order valence-corrected chi connectivity index (χ2v) is 4.74. The summed E-state index contributed by atoms with van der Waals surface area (Å²) in [5, 5.41) is 7.42. The lowest BCUT2D eigenvalue weighted by molar-refractivity contribution is 0.0879. The van der Waals surface area contributed by atoms with Crippen molar-refractivity contribution < 1.29 is 14.4 Å². The van der Waals surface area contributed by atoms with Gasteiger partial charge < -0.3 is 16.4 Å². The maximum absolute atomic E-state index is 11.9. The van der Waals surface area contributed by atoms with Crippen molar-refractivity contribution >= 4 is 34.9 Å². The largest absolute Gasteiger partial charge is 0.399 e. The average molecular weight is 296 g/mol. The summed E-state index contributed by atoms with van der Waals surface area (Å²) in [6, 6.07) is 10.7. The lowest BCUT2D eigenvalue weighted by Crippen LogP contribution is -2.20. The number of fused-ring (bicyclic) bond motifs is 1. The van der Waals surface area contributed by atoms with Gasteiger partial charge in [0.15, 0.2) is 0 Å². The third-order valence-corrected chi connectivity index (χ3v) is 3.16. The fraction of sp³-hybridized carbons (Fsp3) is 0. The number of hydrogen-bond donors (Lipinski definition) is 4. The van der Waals surface area contributed by atoms with Crippen LogP contribution in [0.15, 0.2) is 42.5 Å². The van der Waals surface area contributed by atoms with Gasteiger partial charge in [-0.25, -0.2) is 4.79 Å². The van der Waals surface area contributed by atoms with Gasteiger partial charge in [-0.1, -0.05) is 0 Å². The zero-order valence-electron chi connectivity index (χ0n) is 11.3. The molecule has 7 heteroatoms. The van der Waals surface area contributed by atoms with Crippen LogP contribution in [-0.2, 0) is 0 Å². The summed E-state index contributed by atoms with van der Waals surface area (Å²) < 4.78 is 0. The molecule has 0 radical (unpaired) electrons. The maximum Gasteiger partial charge on any atom is 0.323 e. The predicted molar refractivity (Wildman–Crippen MR) is 81.7 cm³/mol. The lowest BCUT2D eigenvalue weighted by Gasteiger charge is -2.08. The molecule has 4 amide bonds. The van der Waals surface area contributed by atoms with E-state index < -0.39 is 17.8 Å². The van der Waals surface area contributed by atoms with Crippen LogP contribution in [0.25, 0.3) is 0 Å². The number of anilines is 3. The highest BCUT2D eigenvalue weighted by molar-refractivity contribution is 6.22. The number of nitrogens with one attached hydrogen (secondary N) is 3. The van der Waals surface area contributed by atoms with Gasteiger partial charge >= 0.3 is 6.03 Å². The molecule has 0 saturated heterocycles. The molecule has 0 spiro atoms. The number of carbonyl (C=O) groups is 3. The molecule has 1 aliphatic heterocycles. The molecule has 7 nitrogen and oxygen atoms in total. The number of imide groups is 1. The van der Waals surface area contributed by atoms with Crippen LogP contribution in [0.3, 0.4) is 0 Å². The number of nitrogen functional groups attached to an aromatic ring is 1. The van der Waals surface area contributed by atoms with Gasteiger partial charge in [-0.15, -0.1) is 0 Å². The molecule has 22 heavy (non-hydrogen) atoms. The summed E-state index contributed by atoms with van der Waals surface area (Å²) >= 11 is 0. The first-order valence-corrected chi connectivity index (χ1v) is 6.46. The van der Waals surface area contributed by atoms with E-state index >= 15 is 0 Å². The molecule has 0 aromatic heterocycles. The summed E-state index contributed by atoms with van der Waals surface area (Å²) in [6.45, 7) is 0. The average Bonchev–Trinajstić information content (AvgIpc) is 2.76. The van der Waals surface area contributed by atoms with Crippen molar-refractivity contribution in [2.45, 2.75) is 0 Å². The van der Waals surface area contributed by atoms with E-state index in [-0.39, 0.29) is 5.56 Å². The standard InChI is InChI=1S/C15H12N4O3/c16-8-1-3-9(4-2-8)17-15(22)18-10-5-6-11-12(7-10)14(21)19-13(11)20/h1-7H,16H2,(H2,17,18,22)(H,19,20,21). The van der Waals surface area contributed by atoms with Gasteiger partial charge in [-0.2, -0.15) is 0 Å². The fourth-order valence-corrected chi connectivity index (χ4v) is 2.11. The normalized spacial score (nSPS) is 12.5. The number of amides is 4. The minimum atomic E-state index is -0.470. The third kappa shape index (κ3) is 2.59. The van der Waals surface area contributed by atoms with Crippen LogP contribution in [0.4, 0.5) is 21.9 Å². The quantitative estimate of drug-likeness (QED) is 0.500. The molecule has 1 aliphatic rings. The molecule has 0 bridgehead atoms. The summed E-state index contributed by atoms with van der Waals surface area (Å²) in [5.74, 6) is -0.902. The molecule has 0 fully saturated rings. The Labute approximate surface area is 125 Å². The van der Waals surface area contributed by atoms with E-state index in [1.54, 1.807) is 30.3 Å². The number of hydrogen-bond acceptors (Lipinski definition) is 4. The van der Waals surface area contributed by atoms with Crippen LogP contribution >= 0.6 is 0 Å². The summed E-state index contributed by atoms with van der Waals surface area (Å²) in [5.41, 5.74) is 7.70. The van der Waals surface area contributed by atoms with Gasteiger partial charge in [-0.3, -0.25) is 14.9 Å². The zero-order valence-corrected chi connectivity index (χ0v) is 11.3. The van der Waals surface area contributed by atoms with E-state index in [4.69, 9.17) is 5.73 Å². The van der Waals surface area contributed by atoms with E-state index in [2.05, 4.69) is 16.0 Å². The van der Waals surface area contributed by atoms with Crippen molar-refractivity contribution in [1.82, 2.24) is 5.32 Å².